The van der Waals surface area contributed by atoms with Gasteiger partial charge in [-0.15, -0.1) is 0 Å². The predicted octanol–water partition coefficient (Wildman–Crippen LogP) is 0.356. The molecule has 1 aromatic heterocycles. The predicted molar refractivity (Wildman–Crippen MR) is 72.4 cm³/mol. The van der Waals surface area contributed by atoms with Crippen molar-refractivity contribution in [3.63, 3.8) is 0 Å². The first-order chi connectivity index (χ1) is 9.42. The van der Waals surface area contributed by atoms with Gasteiger partial charge in [-0.3, -0.25) is 14.2 Å². The Labute approximate surface area is 117 Å². The van der Waals surface area contributed by atoms with E-state index in [1.54, 1.807) is 10.9 Å². The number of carboxylic acid groups (broad SMARTS) is 1. The summed E-state index contributed by atoms with van der Waals surface area (Å²) in [4.78, 5) is 10.8. The van der Waals surface area contributed by atoms with Crippen LogP contribution in [0.15, 0.2) is 12.4 Å². The van der Waals surface area contributed by atoms with Crippen molar-refractivity contribution in [3.8, 4) is 0 Å². The highest BCUT2D eigenvalue weighted by molar-refractivity contribution is 7.90. The first-order valence-electron chi connectivity index (χ1n) is 6.45. The number of carbonyl (C=O) groups is 1. The number of hydrogen-bond acceptors (Lipinski definition) is 4. The Bertz CT molecular complexity index is 575. The molecule has 0 radical (unpaired) electrons. The molecular formula is C11H18N4O4S. The molecule has 112 valence electrons. The minimum atomic E-state index is -3.64. The van der Waals surface area contributed by atoms with Crippen LogP contribution in [0, 0.1) is 5.92 Å². The maximum absolute atomic E-state index is 12.2. The van der Waals surface area contributed by atoms with Gasteiger partial charge in [-0.05, 0) is 19.8 Å². The number of carboxylic acids is 1. The third-order valence-electron chi connectivity index (χ3n) is 3.35. The van der Waals surface area contributed by atoms with E-state index in [9.17, 15) is 13.2 Å². The van der Waals surface area contributed by atoms with Gasteiger partial charge in [0.2, 0.25) is 0 Å². The molecule has 1 saturated heterocycles. The zero-order chi connectivity index (χ0) is 14.8. The minimum absolute atomic E-state index is 0.216. The van der Waals surface area contributed by atoms with Crippen molar-refractivity contribution >= 4 is 21.9 Å². The van der Waals surface area contributed by atoms with Gasteiger partial charge in [0.05, 0.1) is 17.8 Å². The number of aromatic nitrogens is 2. The van der Waals surface area contributed by atoms with Crippen LogP contribution < -0.4 is 4.72 Å². The van der Waals surface area contributed by atoms with Crippen LogP contribution in [0.5, 0.6) is 0 Å². The molecule has 1 aliphatic rings. The quantitative estimate of drug-likeness (QED) is 0.817. The van der Waals surface area contributed by atoms with Gasteiger partial charge >= 0.3 is 16.2 Å². The fourth-order valence-corrected chi connectivity index (χ4v) is 3.37. The Morgan fingerprint density at radius 3 is 2.65 bits per heavy atom. The van der Waals surface area contributed by atoms with Crippen LogP contribution in [-0.4, -0.2) is 46.7 Å². The van der Waals surface area contributed by atoms with Gasteiger partial charge in [-0.2, -0.15) is 17.8 Å². The van der Waals surface area contributed by atoms with Crippen molar-refractivity contribution in [1.29, 1.82) is 0 Å². The molecule has 0 aromatic carbocycles. The van der Waals surface area contributed by atoms with Gasteiger partial charge in [0.25, 0.3) is 0 Å². The fourth-order valence-electron chi connectivity index (χ4n) is 2.15. The third kappa shape index (κ3) is 3.28. The van der Waals surface area contributed by atoms with E-state index in [0.29, 0.717) is 25.1 Å². The molecule has 2 rings (SSSR count). The van der Waals surface area contributed by atoms with E-state index in [0.717, 1.165) is 0 Å². The summed E-state index contributed by atoms with van der Waals surface area (Å²) in [6.07, 6.45) is 3.74. The molecule has 0 spiro atoms. The Kier molecular flexibility index (Phi) is 4.29. The molecule has 0 amide bonds. The van der Waals surface area contributed by atoms with Crippen LogP contribution in [0.3, 0.4) is 0 Å². The van der Waals surface area contributed by atoms with E-state index in [2.05, 4.69) is 9.82 Å². The van der Waals surface area contributed by atoms with Crippen LogP contribution in [0.2, 0.25) is 0 Å². The number of aryl methyl sites for hydroxylation is 1. The summed E-state index contributed by atoms with van der Waals surface area (Å²) in [6, 6.07) is 0. The molecule has 0 unspecified atom stereocenters. The summed E-state index contributed by atoms with van der Waals surface area (Å²) >= 11 is 0. The van der Waals surface area contributed by atoms with Crippen molar-refractivity contribution in [1.82, 2.24) is 14.1 Å². The number of anilines is 1. The minimum Gasteiger partial charge on any atom is -0.481 e. The smallest absolute Gasteiger partial charge is 0.306 e. The average molecular weight is 302 g/mol. The summed E-state index contributed by atoms with van der Waals surface area (Å²) in [5, 5.41) is 12.9. The van der Waals surface area contributed by atoms with Crippen LogP contribution in [-0.2, 0) is 21.5 Å². The van der Waals surface area contributed by atoms with Crippen molar-refractivity contribution in [3.05, 3.63) is 12.4 Å². The highest BCUT2D eigenvalue weighted by atomic mass is 32.2. The molecule has 0 saturated carbocycles. The first-order valence-corrected chi connectivity index (χ1v) is 7.89. The van der Waals surface area contributed by atoms with E-state index >= 15 is 0 Å². The fraction of sp³-hybridized carbons (Fsp3) is 0.636. The number of aliphatic carboxylic acids is 1. The highest BCUT2D eigenvalue weighted by Gasteiger charge is 2.31. The second kappa shape index (κ2) is 5.80. The highest BCUT2D eigenvalue weighted by Crippen LogP contribution is 2.20. The molecule has 8 nitrogen and oxygen atoms in total. The van der Waals surface area contributed by atoms with Crippen molar-refractivity contribution < 1.29 is 18.3 Å². The number of nitrogens with zero attached hydrogens (tertiary/aromatic N) is 3. The second-order valence-electron chi connectivity index (χ2n) is 4.70. The lowest BCUT2D eigenvalue weighted by Gasteiger charge is -2.29. The van der Waals surface area contributed by atoms with E-state index in [-0.39, 0.29) is 13.1 Å². The van der Waals surface area contributed by atoms with Gasteiger partial charge in [0, 0.05) is 25.8 Å². The Morgan fingerprint density at radius 2 is 2.15 bits per heavy atom. The Morgan fingerprint density at radius 1 is 1.50 bits per heavy atom. The van der Waals surface area contributed by atoms with Gasteiger partial charge in [0.1, 0.15) is 0 Å². The van der Waals surface area contributed by atoms with Crippen LogP contribution >= 0.6 is 0 Å². The molecule has 0 aliphatic carbocycles. The van der Waals surface area contributed by atoms with Crippen molar-refractivity contribution in [2.75, 3.05) is 17.8 Å². The van der Waals surface area contributed by atoms with Crippen LogP contribution in [0.1, 0.15) is 19.8 Å². The molecule has 1 aliphatic heterocycles. The monoisotopic (exact) mass is 302 g/mol. The van der Waals surface area contributed by atoms with E-state index in [4.69, 9.17) is 5.11 Å². The summed E-state index contributed by atoms with van der Waals surface area (Å²) in [5.74, 6) is -1.32. The summed E-state index contributed by atoms with van der Waals surface area (Å²) in [6.45, 7) is 3.00. The topological polar surface area (TPSA) is 105 Å². The number of hydrogen-bond donors (Lipinski definition) is 2. The molecule has 9 heteroatoms. The maximum Gasteiger partial charge on any atom is 0.306 e. The van der Waals surface area contributed by atoms with E-state index in [1.165, 1.54) is 10.5 Å². The lowest BCUT2D eigenvalue weighted by molar-refractivity contribution is -0.142. The first kappa shape index (κ1) is 14.8. The average Bonchev–Trinajstić information content (AvgIpc) is 2.85. The van der Waals surface area contributed by atoms with Crippen LogP contribution in [0.25, 0.3) is 0 Å². The summed E-state index contributed by atoms with van der Waals surface area (Å²) < 4.78 is 29.7. The molecule has 20 heavy (non-hydrogen) atoms. The lowest BCUT2D eigenvalue weighted by Crippen LogP contribution is -2.42. The summed E-state index contributed by atoms with van der Waals surface area (Å²) in [7, 11) is -3.64. The molecular weight excluding hydrogens is 284 g/mol. The standard InChI is InChI=1S/C11H18N4O4S/c1-2-14-8-10(7-12-14)13-20(18,19)15-5-3-9(4-6-15)11(16)17/h7-9,13H,2-6H2,1H3,(H,16,17). The number of rotatable bonds is 5. The molecule has 0 bridgehead atoms. The van der Waals surface area contributed by atoms with Gasteiger partial charge in [-0.25, -0.2) is 0 Å². The Balaban J connectivity index is 1.99. The largest absolute Gasteiger partial charge is 0.481 e. The molecule has 2 heterocycles. The number of piperidine rings is 1. The normalized spacial score (nSPS) is 18.1. The SMILES string of the molecule is CCn1cc(NS(=O)(=O)N2CCC(C(=O)O)CC2)cn1. The van der Waals surface area contributed by atoms with Gasteiger partial charge in [0.15, 0.2) is 0 Å². The lowest BCUT2D eigenvalue weighted by atomic mass is 9.99. The molecule has 2 N–H and O–H groups in total. The number of nitrogens with one attached hydrogen (secondary N) is 1. The summed E-state index contributed by atoms with van der Waals surface area (Å²) in [5.41, 5.74) is 0.409. The molecule has 1 aromatic rings. The second-order valence-corrected chi connectivity index (χ2v) is 6.37. The van der Waals surface area contributed by atoms with Crippen molar-refractivity contribution in [2.24, 2.45) is 5.92 Å². The van der Waals surface area contributed by atoms with E-state index < -0.39 is 22.1 Å². The Hall–Kier alpha value is -1.61. The third-order valence-corrected chi connectivity index (χ3v) is 4.89. The molecule has 1 fully saturated rings. The zero-order valence-corrected chi connectivity index (χ0v) is 12.0. The maximum atomic E-state index is 12.2. The van der Waals surface area contributed by atoms with Crippen LogP contribution in [0.4, 0.5) is 5.69 Å². The van der Waals surface area contributed by atoms with Crippen molar-refractivity contribution in [2.45, 2.75) is 26.3 Å². The van der Waals surface area contributed by atoms with E-state index in [1.807, 2.05) is 6.92 Å². The molecule has 0 atom stereocenters. The zero-order valence-electron chi connectivity index (χ0n) is 11.2. The van der Waals surface area contributed by atoms with Gasteiger partial charge in [-0.1, -0.05) is 0 Å². The van der Waals surface area contributed by atoms with Gasteiger partial charge < -0.3 is 5.11 Å².